The second-order valence-corrected chi connectivity index (χ2v) is 8.68. The molecule has 2 heterocycles. The van der Waals surface area contributed by atoms with Crippen LogP contribution in [0.5, 0.6) is 0 Å². The zero-order valence-electron chi connectivity index (χ0n) is 18.8. The SMILES string of the molecule is O=C(c1ccc(N(Cc2ccccc2)Cc2ccccc2)cc1)c1ccc2n1CCC2C(=O)O. The number of hydrogen-bond acceptors (Lipinski definition) is 3. The van der Waals surface area contributed by atoms with Crippen LogP contribution in [-0.4, -0.2) is 21.4 Å². The van der Waals surface area contributed by atoms with E-state index in [1.54, 1.807) is 12.1 Å². The predicted octanol–water partition coefficient (Wildman–Crippen LogP) is 5.50. The molecule has 0 fully saturated rings. The molecule has 0 spiro atoms. The molecule has 1 atom stereocenters. The molecule has 1 aromatic heterocycles. The number of hydrogen-bond donors (Lipinski definition) is 1. The summed E-state index contributed by atoms with van der Waals surface area (Å²) in [5.41, 5.74) is 5.34. The minimum atomic E-state index is -0.836. The molecule has 0 saturated heterocycles. The maximum Gasteiger partial charge on any atom is 0.312 e. The molecule has 0 bridgehead atoms. The molecule has 5 rings (SSSR count). The van der Waals surface area contributed by atoms with Crippen molar-refractivity contribution in [2.75, 3.05) is 4.90 Å². The van der Waals surface area contributed by atoms with Crippen LogP contribution in [0.3, 0.4) is 0 Å². The van der Waals surface area contributed by atoms with Gasteiger partial charge in [0.15, 0.2) is 0 Å². The molecule has 170 valence electrons. The highest BCUT2D eigenvalue weighted by molar-refractivity contribution is 6.08. The largest absolute Gasteiger partial charge is 0.481 e. The number of nitrogens with zero attached hydrogens (tertiary/aromatic N) is 2. The summed E-state index contributed by atoms with van der Waals surface area (Å²) in [5.74, 6) is -1.45. The first-order valence-corrected chi connectivity index (χ1v) is 11.5. The Morgan fingerprint density at radius 1 is 0.794 bits per heavy atom. The van der Waals surface area contributed by atoms with Gasteiger partial charge in [-0.25, -0.2) is 0 Å². The molecule has 1 unspecified atom stereocenters. The van der Waals surface area contributed by atoms with Crippen molar-refractivity contribution in [2.24, 2.45) is 0 Å². The number of ketones is 1. The minimum absolute atomic E-state index is 0.0819. The predicted molar refractivity (Wildman–Crippen MR) is 132 cm³/mol. The smallest absolute Gasteiger partial charge is 0.312 e. The number of aliphatic carboxylic acids is 1. The van der Waals surface area contributed by atoms with Crippen LogP contribution in [0.4, 0.5) is 5.69 Å². The highest BCUT2D eigenvalue weighted by Gasteiger charge is 2.31. The first-order chi connectivity index (χ1) is 16.6. The number of aromatic nitrogens is 1. The second kappa shape index (κ2) is 9.40. The van der Waals surface area contributed by atoms with Gasteiger partial charge in [-0.05, 0) is 53.9 Å². The van der Waals surface area contributed by atoms with Gasteiger partial charge in [0.25, 0.3) is 0 Å². The third-order valence-corrected chi connectivity index (χ3v) is 6.47. The molecule has 1 aliphatic rings. The molecule has 1 N–H and O–H groups in total. The molecule has 1 aliphatic heterocycles. The summed E-state index contributed by atoms with van der Waals surface area (Å²) in [6.45, 7) is 2.07. The van der Waals surface area contributed by atoms with Crippen LogP contribution < -0.4 is 4.90 Å². The van der Waals surface area contributed by atoms with Gasteiger partial charge in [-0.15, -0.1) is 0 Å². The quantitative estimate of drug-likeness (QED) is 0.360. The van der Waals surface area contributed by atoms with Crippen molar-refractivity contribution in [1.82, 2.24) is 4.57 Å². The van der Waals surface area contributed by atoms with Crippen LogP contribution in [-0.2, 0) is 24.4 Å². The third-order valence-electron chi connectivity index (χ3n) is 6.47. The molecule has 4 aromatic rings. The van der Waals surface area contributed by atoms with E-state index in [4.69, 9.17) is 0 Å². The maximum atomic E-state index is 13.2. The molecule has 5 heteroatoms. The molecule has 0 aliphatic carbocycles. The van der Waals surface area contributed by atoms with Gasteiger partial charge in [0.05, 0.1) is 11.6 Å². The zero-order chi connectivity index (χ0) is 23.5. The van der Waals surface area contributed by atoms with Crippen LogP contribution >= 0.6 is 0 Å². The average Bonchev–Trinajstić information content (AvgIpc) is 3.47. The fourth-order valence-electron chi connectivity index (χ4n) is 4.71. The van der Waals surface area contributed by atoms with Crippen molar-refractivity contribution in [3.8, 4) is 0 Å². The normalized spacial score (nSPS) is 14.5. The monoisotopic (exact) mass is 450 g/mol. The summed E-state index contributed by atoms with van der Waals surface area (Å²) in [7, 11) is 0. The van der Waals surface area contributed by atoms with Crippen LogP contribution in [0.25, 0.3) is 0 Å². The summed E-state index contributed by atoms with van der Waals surface area (Å²) in [5, 5.41) is 9.42. The first-order valence-electron chi connectivity index (χ1n) is 11.5. The Labute approximate surface area is 198 Å². The zero-order valence-corrected chi connectivity index (χ0v) is 18.8. The van der Waals surface area contributed by atoms with Gasteiger partial charge in [0.2, 0.25) is 5.78 Å². The Bertz CT molecular complexity index is 1250. The van der Waals surface area contributed by atoms with Gasteiger partial charge in [-0.2, -0.15) is 0 Å². The molecule has 5 nitrogen and oxygen atoms in total. The van der Waals surface area contributed by atoms with E-state index in [-0.39, 0.29) is 5.78 Å². The van der Waals surface area contributed by atoms with E-state index in [1.807, 2.05) is 65.2 Å². The number of carboxylic acid groups (broad SMARTS) is 1. The summed E-state index contributed by atoms with van der Waals surface area (Å²) < 4.78 is 1.85. The lowest BCUT2D eigenvalue weighted by atomic mass is 10.1. The van der Waals surface area contributed by atoms with E-state index in [9.17, 15) is 14.7 Å². The van der Waals surface area contributed by atoms with Gasteiger partial charge in [0, 0.05) is 36.6 Å². The fraction of sp³-hybridized carbons (Fsp3) is 0.172. The molecular weight excluding hydrogens is 424 g/mol. The molecule has 34 heavy (non-hydrogen) atoms. The van der Waals surface area contributed by atoms with Crippen LogP contribution in [0.15, 0.2) is 97.1 Å². The van der Waals surface area contributed by atoms with E-state index in [0.717, 1.165) is 18.8 Å². The number of rotatable bonds is 8. The van der Waals surface area contributed by atoms with Crippen LogP contribution in [0.2, 0.25) is 0 Å². The van der Waals surface area contributed by atoms with Crippen molar-refractivity contribution in [3.63, 3.8) is 0 Å². The Morgan fingerprint density at radius 2 is 1.38 bits per heavy atom. The van der Waals surface area contributed by atoms with Crippen molar-refractivity contribution in [1.29, 1.82) is 0 Å². The van der Waals surface area contributed by atoms with E-state index < -0.39 is 11.9 Å². The number of fused-ring (bicyclic) bond motifs is 1. The average molecular weight is 451 g/mol. The van der Waals surface area contributed by atoms with Gasteiger partial charge in [-0.3, -0.25) is 9.59 Å². The Hall–Kier alpha value is -4.12. The Morgan fingerprint density at radius 3 is 1.94 bits per heavy atom. The van der Waals surface area contributed by atoms with Crippen LogP contribution in [0, 0.1) is 0 Å². The standard InChI is InChI=1S/C29H26N2O3/c32-28(27-16-15-26-25(29(33)34)17-18-31(26)27)23-11-13-24(14-12-23)30(19-21-7-3-1-4-8-21)20-22-9-5-2-6-10-22/h1-16,25H,17-20H2,(H,33,34). The molecule has 0 saturated carbocycles. The highest BCUT2D eigenvalue weighted by atomic mass is 16.4. The topological polar surface area (TPSA) is 62.5 Å². The number of anilines is 1. The summed E-state index contributed by atoms with van der Waals surface area (Å²) in [6, 6.07) is 31.9. The van der Waals surface area contributed by atoms with Gasteiger partial charge < -0.3 is 14.6 Å². The molecule has 0 amide bonds. The summed E-state index contributed by atoms with van der Waals surface area (Å²) >= 11 is 0. The summed E-state index contributed by atoms with van der Waals surface area (Å²) in [4.78, 5) is 27.0. The van der Waals surface area contributed by atoms with E-state index in [0.29, 0.717) is 29.9 Å². The number of carboxylic acids is 1. The Balaban J connectivity index is 1.39. The van der Waals surface area contributed by atoms with Gasteiger partial charge in [-0.1, -0.05) is 60.7 Å². The number of carbonyl (C=O) groups excluding carboxylic acids is 1. The van der Waals surface area contributed by atoms with Crippen LogP contribution in [0.1, 0.15) is 45.2 Å². The third kappa shape index (κ3) is 4.37. The van der Waals surface area contributed by atoms with Crippen molar-refractivity contribution in [2.45, 2.75) is 32.0 Å². The van der Waals surface area contributed by atoms with Gasteiger partial charge in [0.1, 0.15) is 0 Å². The van der Waals surface area contributed by atoms with Crippen molar-refractivity contribution < 1.29 is 14.7 Å². The highest BCUT2D eigenvalue weighted by Crippen LogP contribution is 2.32. The lowest BCUT2D eigenvalue weighted by Gasteiger charge is -2.25. The van der Waals surface area contributed by atoms with E-state index in [1.165, 1.54) is 11.1 Å². The number of carbonyl (C=O) groups is 2. The molecule has 3 aromatic carbocycles. The van der Waals surface area contributed by atoms with Crippen molar-refractivity contribution in [3.05, 3.63) is 125 Å². The van der Waals surface area contributed by atoms with Gasteiger partial charge >= 0.3 is 5.97 Å². The maximum absolute atomic E-state index is 13.2. The Kier molecular flexibility index (Phi) is 6.00. The fourth-order valence-corrected chi connectivity index (χ4v) is 4.71. The van der Waals surface area contributed by atoms with E-state index in [2.05, 4.69) is 29.2 Å². The van der Waals surface area contributed by atoms with E-state index >= 15 is 0 Å². The first kappa shape index (κ1) is 21.7. The second-order valence-electron chi connectivity index (χ2n) is 8.68. The molecule has 0 radical (unpaired) electrons. The number of benzene rings is 3. The summed E-state index contributed by atoms with van der Waals surface area (Å²) in [6.07, 6.45) is 0.526. The lowest BCUT2D eigenvalue weighted by molar-refractivity contribution is -0.138. The lowest BCUT2D eigenvalue weighted by Crippen LogP contribution is -2.22. The van der Waals surface area contributed by atoms with Crippen molar-refractivity contribution >= 4 is 17.4 Å². The minimum Gasteiger partial charge on any atom is -0.481 e. The molecular formula is C29H26N2O3.